The van der Waals surface area contributed by atoms with E-state index < -0.39 is 0 Å². The van der Waals surface area contributed by atoms with Gasteiger partial charge in [-0.2, -0.15) is 0 Å². The summed E-state index contributed by atoms with van der Waals surface area (Å²) in [7, 11) is 0. The fourth-order valence-electron chi connectivity index (χ4n) is 1.60. The summed E-state index contributed by atoms with van der Waals surface area (Å²) in [6.07, 6.45) is 5.35. The van der Waals surface area contributed by atoms with Crippen LogP contribution in [0.2, 0.25) is 0 Å². The predicted octanol–water partition coefficient (Wildman–Crippen LogP) is 3.26. The second-order valence-corrected chi connectivity index (χ2v) is 4.65. The van der Waals surface area contributed by atoms with E-state index in [0.29, 0.717) is 6.61 Å². The summed E-state index contributed by atoms with van der Waals surface area (Å²) in [5.41, 5.74) is 6.33. The molecular weight excluding hydrogens is 232 g/mol. The van der Waals surface area contributed by atoms with Crippen molar-refractivity contribution in [1.82, 2.24) is 0 Å². The van der Waals surface area contributed by atoms with Crippen molar-refractivity contribution in [2.24, 2.45) is 5.73 Å². The maximum atomic E-state index is 7.62. The number of unbranched alkanes of at least 4 members (excludes halogenated alkanes) is 2. The van der Waals surface area contributed by atoms with Gasteiger partial charge in [-0.1, -0.05) is 25.8 Å². The molecule has 0 fully saturated rings. The van der Waals surface area contributed by atoms with Gasteiger partial charge in [-0.05, 0) is 24.8 Å². The Kier molecular flexibility index (Phi) is 5.91. The van der Waals surface area contributed by atoms with Crippen LogP contribution < -0.4 is 10.5 Å². The average Bonchev–Trinajstić information content (AvgIpc) is 2.33. The molecular formula is C13H20N2OS. The highest BCUT2D eigenvalue weighted by Crippen LogP contribution is 2.28. The molecule has 0 bridgehead atoms. The van der Waals surface area contributed by atoms with E-state index >= 15 is 0 Å². The maximum Gasteiger partial charge on any atom is 0.131 e. The second kappa shape index (κ2) is 7.22. The van der Waals surface area contributed by atoms with Crippen molar-refractivity contribution in [2.45, 2.75) is 31.1 Å². The third-order valence-electron chi connectivity index (χ3n) is 2.48. The first-order valence-electron chi connectivity index (χ1n) is 5.84. The Bertz CT molecular complexity index is 380. The van der Waals surface area contributed by atoms with Crippen LogP contribution in [-0.2, 0) is 0 Å². The van der Waals surface area contributed by atoms with E-state index in [-0.39, 0.29) is 5.84 Å². The fourth-order valence-corrected chi connectivity index (χ4v) is 2.23. The minimum atomic E-state index is 0.0699. The molecule has 1 aromatic carbocycles. The highest BCUT2D eigenvalue weighted by molar-refractivity contribution is 7.98. The van der Waals surface area contributed by atoms with E-state index in [4.69, 9.17) is 15.9 Å². The van der Waals surface area contributed by atoms with Crippen LogP contribution in [-0.4, -0.2) is 18.7 Å². The van der Waals surface area contributed by atoms with Gasteiger partial charge in [0.15, 0.2) is 0 Å². The minimum Gasteiger partial charge on any atom is -0.493 e. The number of amidine groups is 1. The SMILES string of the molecule is CCCCCOc1cccc(SC)c1C(=N)N. The Labute approximate surface area is 107 Å². The molecule has 0 atom stereocenters. The topological polar surface area (TPSA) is 59.1 Å². The third-order valence-corrected chi connectivity index (χ3v) is 3.26. The van der Waals surface area contributed by atoms with Crippen LogP contribution in [0.5, 0.6) is 5.75 Å². The van der Waals surface area contributed by atoms with Gasteiger partial charge in [0.2, 0.25) is 0 Å². The number of rotatable bonds is 7. The predicted molar refractivity (Wildman–Crippen MR) is 74.3 cm³/mol. The van der Waals surface area contributed by atoms with Gasteiger partial charge in [0.05, 0.1) is 12.2 Å². The lowest BCUT2D eigenvalue weighted by atomic mass is 10.2. The van der Waals surface area contributed by atoms with Crippen LogP contribution >= 0.6 is 11.8 Å². The van der Waals surface area contributed by atoms with Crippen molar-refractivity contribution < 1.29 is 4.74 Å². The summed E-state index contributed by atoms with van der Waals surface area (Å²) in [5.74, 6) is 0.792. The van der Waals surface area contributed by atoms with E-state index in [1.165, 1.54) is 6.42 Å². The average molecular weight is 252 g/mol. The lowest BCUT2D eigenvalue weighted by Crippen LogP contribution is -2.14. The van der Waals surface area contributed by atoms with Crippen LogP contribution in [0, 0.1) is 5.41 Å². The van der Waals surface area contributed by atoms with Crippen LogP contribution in [0.1, 0.15) is 31.7 Å². The molecule has 0 aliphatic heterocycles. The number of nitrogens with two attached hydrogens (primary N) is 1. The third kappa shape index (κ3) is 3.97. The summed E-state index contributed by atoms with van der Waals surface area (Å²) < 4.78 is 5.71. The Balaban J connectivity index is 2.79. The molecule has 3 N–H and O–H groups in total. The van der Waals surface area contributed by atoms with Gasteiger partial charge >= 0.3 is 0 Å². The van der Waals surface area contributed by atoms with Crippen molar-refractivity contribution in [3.8, 4) is 5.75 Å². The molecule has 0 aliphatic rings. The van der Waals surface area contributed by atoms with Gasteiger partial charge in [0, 0.05) is 4.90 Å². The molecule has 17 heavy (non-hydrogen) atoms. The summed E-state index contributed by atoms with van der Waals surface area (Å²) in [6.45, 7) is 2.85. The number of hydrogen-bond acceptors (Lipinski definition) is 3. The molecule has 3 nitrogen and oxygen atoms in total. The smallest absolute Gasteiger partial charge is 0.131 e. The lowest BCUT2D eigenvalue weighted by Gasteiger charge is -2.13. The van der Waals surface area contributed by atoms with Crippen LogP contribution in [0.15, 0.2) is 23.1 Å². The number of hydrogen-bond donors (Lipinski definition) is 2. The molecule has 0 saturated carbocycles. The Morgan fingerprint density at radius 3 is 2.76 bits per heavy atom. The monoisotopic (exact) mass is 252 g/mol. The molecule has 1 rings (SSSR count). The standard InChI is InChI=1S/C13H20N2OS/c1-3-4-5-9-16-10-7-6-8-11(17-2)12(10)13(14)15/h6-8H,3-5,9H2,1-2H3,(H3,14,15). The van der Waals surface area contributed by atoms with E-state index in [1.807, 2.05) is 24.5 Å². The van der Waals surface area contributed by atoms with Crippen molar-refractivity contribution in [1.29, 1.82) is 5.41 Å². The van der Waals surface area contributed by atoms with Crippen molar-refractivity contribution >= 4 is 17.6 Å². The van der Waals surface area contributed by atoms with E-state index in [9.17, 15) is 0 Å². The van der Waals surface area contributed by atoms with Gasteiger partial charge in [-0.25, -0.2) is 0 Å². The van der Waals surface area contributed by atoms with Crippen LogP contribution in [0.25, 0.3) is 0 Å². The van der Waals surface area contributed by atoms with Gasteiger partial charge in [0.25, 0.3) is 0 Å². The summed E-state index contributed by atoms with van der Waals surface area (Å²) in [5, 5.41) is 7.62. The number of thioether (sulfide) groups is 1. The molecule has 0 spiro atoms. The number of nitrogen functional groups attached to an aromatic ring is 1. The summed E-state index contributed by atoms with van der Waals surface area (Å²) in [4.78, 5) is 0.991. The molecule has 0 amide bonds. The van der Waals surface area contributed by atoms with Crippen molar-refractivity contribution in [3.05, 3.63) is 23.8 Å². The minimum absolute atomic E-state index is 0.0699. The molecule has 4 heteroatoms. The number of ether oxygens (including phenoxy) is 1. The van der Waals surface area contributed by atoms with Gasteiger partial charge < -0.3 is 10.5 Å². The Morgan fingerprint density at radius 1 is 1.41 bits per heavy atom. The molecule has 0 radical (unpaired) electrons. The van der Waals surface area contributed by atoms with Crippen molar-refractivity contribution in [3.63, 3.8) is 0 Å². The zero-order chi connectivity index (χ0) is 12.7. The first-order valence-corrected chi connectivity index (χ1v) is 7.07. The largest absolute Gasteiger partial charge is 0.493 e. The Hall–Kier alpha value is -1.16. The normalized spacial score (nSPS) is 10.2. The van der Waals surface area contributed by atoms with Gasteiger partial charge in [-0.15, -0.1) is 11.8 Å². The molecule has 94 valence electrons. The van der Waals surface area contributed by atoms with Gasteiger partial charge in [0.1, 0.15) is 11.6 Å². The fraction of sp³-hybridized carbons (Fsp3) is 0.462. The maximum absolute atomic E-state index is 7.62. The number of benzene rings is 1. The quantitative estimate of drug-likeness (QED) is 0.339. The molecule has 0 aromatic heterocycles. The van der Waals surface area contributed by atoms with Crippen molar-refractivity contribution in [2.75, 3.05) is 12.9 Å². The van der Waals surface area contributed by atoms with Crippen LogP contribution in [0.4, 0.5) is 0 Å². The molecule has 0 aliphatic carbocycles. The molecule has 0 unspecified atom stereocenters. The lowest BCUT2D eigenvalue weighted by molar-refractivity contribution is 0.305. The van der Waals surface area contributed by atoms with E-state index in [2.05, 4.69) is 6.92 Å². The highest BCUT2D eigenvalue weighted by Gasteiger charge is 2.11. The Morgan fingerprint density at radius 2 is 2.18 bits per heavy atom. The van der Waals surface area contributed by atoms with E-state index in [1.54, 1.807) is 11.8 Å². The van der Waals surface area contributed by atoms with E-state index in [0.717, 1.165) is 29.1 Å². The molecule has 0 saturated heterocycles. The van der Waals surface area contributed by atoms with Gasteiger partial charge in [-0.3, -0.25) is 5.41 Å². The summed E-state index contributed by atoms with van der Waals surface area (Å²) in [6, 6.07) is 5.77. The van der Waals surface area contributed by atoms with Crippen LogP contribution in [0.3, 0.4) is 0 Å². The molecule has 1 aromatic rings. The molecule has 0 heterocycles. The first kappa shape index (κ1) is 13.9. The number of nitrogens with one attached hydrogen (secondary N) is 1. The second-order valence-electron chi connectivity index (χ2n) is 3.80. The zero-order valence-electron chi connectivity index (χ0n) is 10.5. The summed E-state index contributed by atoms with van der Waals surface area (Å²) >= 11 is 1.58. The highest BCUT2D eigenvalue weighted by atomic mass is 32.2. The first-order chi connectivity index (χ1) is 8.20. The zero-order valence-corrected chi connectivity index (χ0v) is 11.3.